The summed E-state index contributed by atoms with van der Waals surface area (Å²) in [5.74, 6) is -7.44. The fourth-order valence-electron chi connectivity index (χ4n) is 11.0. The Morgan fingerprint density at radius 2 is 0.795 bits per heavy atom. The lowest BCUT2D eigenvalue weighted by molar-refractivity contribution is 0.0975. The molecule has 0 spiro atoms. The summed E-state index contributed by atoms with van der Waals surface area (Å²) in [6.45, 7) is -0.0826. The fraction of sp³-hybridized carbons (Fsp3) is 0.0645. The van der Waals surface area contributed by atoms with Crippen LogP contribution in [0.5, 0.6) is 0 Å². The van der Waals surface area contributed by atoms with Crippen LogP contribution in [0.3, 0.4) is 0 Å². The lowest BCUT2D eigenvalue weighted by Gasteiger charge is -2.21. The molecular weight excluding hydrogens is 1040 g/mol. The number of aromatic nitrogens is 2. The Bertz CT molecular complexity index is 4390. The van der Waals surface area contributed by atoms with Gasteiger partial charge in [0.1, 0.15) is 13.2 Å². The number of rotatable bonds is 6. The summed E-state index contributed by atoms with van der Waals surface area (Å²) < 4.78 is 72.9. The van der Waals surface area contributed by atoms with Gasteiger partial charge >= 0.3 is 12.2 Å². The van der Waals surface area contributed by atoms with Crippen molar-refractivity contribution in [1.29, 1.82) is 0 Å². The summed E-state index contributed by atoms with van der Waals surface area (Å²) >= 11 is 2.50. The smallest absolute Gasteiger partial charge is 0.419 e. The first-order valence-electron chi connectivity index (χ1n) is 24.4. The van der Waals surface area contributed by atoms with Crippen molar-refractivity contribution in [2.75, 3.05) is 0 Å². The number of halogens is 4. The number of carbonyl (C=O) groups is 6. The van der Waals surface area contributed by atoms with Crippen LogP contribution in [0, 0.1) is 35.1 Å². The van der Waals surface area contributed by atoms with Gasteiger partial charge in [0.05, 0.1) is 42.3 Å². The Kier molecular flexibility index (Phi) is 10.6. The van der Waals surface area contributed by atoms with Crippen LogP contribution in [0.2, 0.25) is 0 Å². The van der Waals surface area contributed by atoms with E-state index in [0.29, 0.717) is 51.3 Å². The zero-order chi connectivity index (χ0) is 53.4. The molecule has 0 radical (unpaired) electrons. The van der Waals surface area contributed by atoms with Crippen LogP contribution < -0.4 is 21.1 Å². The van der Waals surface area contributed by atoms with Crippen molar-refractivity contribution in [3.8, 4) is 0 Å². The van der Waals surface area contributed by atoms with Crippen LogP contribution in [0.1, 0.15) is 62.3 Å². The van der Waals surface area contributed by atoms with Gasteiger partial charge in [-0.1, -0.05) is 85.0 Å². The second kappa shape index (κ2) is 17.6. The third-order valence-electron chi connectivity index (χ3n) is 14.7. The summed E-state index contributed by atoms with van der Waals surface area (Å²) in [4.78, 5) is 85.3. The standard InChI is InChI=1S/C62H32F4N2O8S2/c63-47-17-31-11-39-40(12-32(31)18-48(47)64)56(70)45(55(39)69)23-37-25-53-59(77-37)43-15-36-22-52-44(16-35(36)21-51(43)67(53)61(73)75-27-29-7-3-1-4-8-29)60-54(68(52)62(74)76-28-30-9-5-2-6-10-30)26-38(78-60)24-46-57(71)41-13-33-19-49(65)50(66)20-34(33)14-42(41)58(46)72/h1-26,35-36H,27-28H2. The Hall–Kier alpha value is -9.38. The molecule has 0 saturated heterocycles. The number of hydrogen-bond acceptors (Lipinski definition) is 10. The van der Waals surface area contributed by atoms with Crippen LogP contribution >= 0.6 is 22.7 Å². The molecule has 4 aromatic heterocycles. The largest absolute Gasteiger partial charge is 0.444 e. The molecule has 0 amide bonds. The molecule has 4 aliphatic carbocycles. The van der Waals surface area contributed by atoms with Gasteiger partial charge in [-0.15, -0.1) is 22.7 Å². The SMILES string of the molecule is O=C1C(=Cc2cc3c(s2)c2c(n3C(=O)OCc3ccccc3)=CC3C=c4c(n(C(=O)OCc5ccccc5)c5cc(C=C6C(=O)c7cc8cc(F)c(F)cc8cc7C6=O)sc45)=CC3C=2)C(=O)c2cc3cc(F)c(F)cc3cc21. The van der Waals surface area contributed by atoms with E-state index < -0.39 is 58.6 Å². The van der Waals surface area contributed by atoms with E-state index >= 15 is 0 Å². The van der Waals surface area contributed by atoms with Crippen LogP contribution in [0.15, 0.2) is 132 Å². The molecule has 16 heteroatoms. The molecule has 0 bridgehead atoms. The highest BCUT2D eigenvalue weighted by Crippen LogP contribution is 2.37. The molecule has 0 aliphatic heterocycles. The Morgan fingerprint density at radius 1 is 0.462 bits per heavy atom. The first kappa shape index (κ1) is 47.1. The summed E-state index contributed by atoms with van der Waals surface area (Å²) in [6, 6.07) is 31.2. The van der Waals surface area contributed by atoms with E-state index in [2.05, 4.69) is 0 Å². The minimum atomic E-state index is -1.09. The molecule has 4 heterocycles. The van der Waals surface area contributed by atoms with Gasteiger partial charge in [-0.25, -0.2) is 36.3 Å². The minimum Gasteiger partial charge on any atom is -0.444 e. The maximum atomic E-state index is 14.4. The van der Waals surface area contributed by atoms with Crippen molar-refractivity contribution in [3.05, 3.63) is 220 Å². The van der Waals surface area contributed by atoms with Crippen LogP contribution in [-0.2, 0) is 22.7 Å². The summed E-state index contributed by atoms with van der Waals surface area (Å²) in [5, 5.41) is 3.44. The van der Waals surface area contributed by atoms with Gasteiger partial charge in [-0.2, -0.15) is 0 Å². The maximum absolute atomic E-state index is 14.4. The first-order chi connectivity index (χ1) is 37.7. The van der Waals surface area contributed by atoms with Crippen molar-refractivity contribution in [2.45, 2.75) is 13.2 Å². The predicted octanol–water partition coefficient (Wildman–Crippen LogP) is 11.0. The molecule has 2 unspecified atom stereocenters. The molecule has 0 N–H and O–H groups in total. The molecule has 0 saturated carbocycles. The van der Waals surface area contributed by atoms with Gasteiger partial charge in [-0.05, 0) is 105 Å². The number of nitrogens with zero attached hydrogens (tertiary/aromatic N) is 2. The number of benzene rings is 6. The quantitative estimate of drug-likeness (QED) is 0.0914. The van der Waals surface area contributed by atoms with Gasteiger partial charge in [0.2, 0.25) is 0 Å². The molecule has 10 nitrogen and oxygen atoms in total. The van der Waals surface area contributed by atoms with E-state index in [9.17, 15) is 46.3 Å². The average Bonchev–Trinajstić information content (AvgIpc) is 4.31. The summed E-state index contributed by atoms with van der Waals surface area (Å²) in [5.41, 5.74) is 2.36. The average molecular weight is 1070 g/mol. The number of ketones is 4. The van der Waals surface area contributed by atoms with E-state index in [1.165, 1.54) is 68.2 Å². The molecule has 10 aromatic rings. The van der Waals surface area contributed by atoms with Crippen molar-refractivity contribution < 1.29 is 55.8 Å². The lowest BCUT2D eigenvalue weighted by atomic mass is 9.84. The minimum absolute atomic E-state index is 0.0413. The summed E-state index contributed by atoms with van der Waals surface area (Å²) in [6.07, 6.45) is 9.45. The predicted molar refractivity (Wildman–Crippen MR) is 288 cm³/mol. The number of ether oxygens (including phenoxy) is 2. The van der Waals surface area contributed by atoms with Crippen LogP contribution in [-0.4, -0.2) is 44.5 Å². The third kappa shape index (κ3) is 7.42. The number of fused-ring (bicyclic) bond motifs is 11. The second-order valence-corrected chi connectivity index (χ2v) is 21.5. The van der Waals surface area contributed by atoms with E-state index in [4.69, 9.17) is 9.47 Å². The number of allylic oxidation sites excluding steroid dienone is 2. The normalized spacial score (nSPS) is 16.1. The van der Waals surface area contributed by atoms with E-state index in [1.807, 2.05) is 85.0 Å². The van der Waals surface area contributed by atoms with E-state index in [1.54, 1.807) is 12.1 Å². The van der Waals surface area contributed by atoms with Gasteiger partial charge in [0, 0.05) is 54.3 Å². The van der Waals surface area contributed by atoms with Gasteiger partial charge in [0.15, 0.2) is 46.4 Å². The van der Waals surface area contributed by atoms with Crippen molar-refractivity contribution >= 4 is 136 Å². The molecule has 0 fully saturated rings. The first-order valence-corrected chi connectivity index (χ1v) is 26.0. The molecule has 2 atom stereocenters. The molecular formula is C62H32F4N2O8S2. The molecule has 78 heavy (non-hydrogen) atoms. The lowest BCUT2D eigenvalue weighted by Crippen LogP contribution is -2.42. The van der Waals surface area contributed by atoms with E-state index in [-0.39, 0.29) is 80.0 Å². The maximum Gasteiger partial charge on any atom is 0.419 e. The molecule has 4 aliphatic rings. The number of Topliss-reactive ketones (excluding diaryl/α,β-unsaturated/α-hetero) is 4. The van der Waals surface area contributed by atoms with Crippen molar-refractivity contribution in [1.82, 2.24) is 9.13 Å². The Labute approximate surface area is 444 Å². The highest BCUT2D eigenvalue weighted by atomic mass is 32.1. The molecule has 6 aromatic carbocycles. The van der Waals surface area contributed by atoms with Crippen LogP contribution in [0.25, 0.3) is 78.4 Å². The number of hydrogen-bond donors (Lipinski definition) is 0. The fourth-order valence-corrected chi connectivity index (χ4v) is 13.2. The van der Waals surface area contributed by atoms with E-state index in [0.717, 1.165) is 35.4 Å². The van der Waals surface area contributed by atoms with Gasteiger partial charge < -0.3 is 9.47 Å². The van der Waals surface area contributed by atoms with Crippen LogP contribution in [0.4, 0.5) is 27.2 Å². The highest BCUT2D eigenvalue weighted by molar-refractivity contribution is 7.20. The molecule has 378 valence electrons. The zero-order valence-corrected chi connectivity index (χ0v) is 41.7. The summed E-state index contributed by atoms with van der Waals surface area (Å²) in [7, 11) is 0. The Balaban J connectivity index is 0.889. The Morgan fingerprint density at radius 3 is 1.13 bits per heavy atom. The zero-order valence-electron chi connectivity index (χ0n) is 40.1. The monoisotopic (exact) mass is 1070 g/mol. The third-order valence-corrected chi connectivity index (χ3v) is 16.9. The molecule has 14 rings (SSSR count). The number of carbonyl (C=O) groups excluding carboxylic acids is 6. The van der Waals surface area contributed by atoms with Gasteiger partial charge in [0.25, 0.3) is 0 Å². The number of thiophene rings is 2. The van der Waals surface area contributed by atoms with Crippen molar-refractivity contribution in [2.24, 2.45) is 11.8 Å². The second-order valence-electron chi connectivity index (χ2n) is 19.4. The highest BCUT2D eigenvalue weighted by Gasteiger charge is 2.36. The topological polar surface area (TPSA) is 131 Å². The van der Waals surface area contributed by atoms with Gasteiger partial charge in [-0.3, -0.25) is 19.2 Å². The van der Waals surface area contributed by atoms with Crippen molar-refractivity contribution in [3.63, 3.8) is 0 Å².